The summed E-state index contributed by atoms with van der Waals surface area (Å²) in [5, 5.41) is 12.1. The van der Waals surface area contributed by atoms with Crippen LogP contribution < -0.4 is 0 Å². The van der Waals surface area contributed by atoms with Gasteiger partial charge in [0.1, 0.15) is 11.6 Å². The maximum absolute atomic E-state index is 12.4. The highest BCUT2D eigenvalue weighted by Gasteiger charge is 2.51. The van der Waals surface area contributed by atoms with Gasteiger partial charge in [-0.2, -0.15) is 0 Å². The summed E-state index contributed by atoms with van der Waals surface area (Å²) in [6, 6.07) is 3.67. The van der Waals surface area contributed by atoms with Gasteiger partial charge in [0.25, 0.3) is 5.69 Å². The van der Waals surface area contributed by atoms with E-state index >= 15 is 0 Å². The number of ether oxygens (including phenoxy) is 1. The summed E-state index contributed by atoms with van der Waals surface area (Å²) in [7, 11) is 1.32. The number of methoxy groups -OCH3 is 1. The van der Waals surface area contributed by atoms with Crippen LogP contribution in [0.5, 0.6) is 0 Å². The number of carbonyl (C=O) groups is 1. The fourth-order valence-corrected chi connectivity index (χ4v) is 3.57. The lowest BCUT2D eigenvalue weighted by atomic mass is 9.63. The molecule has 0 bridgehead atoms. The van der Waals surface area contributed by atoms with E-state index in [2.05, 4.69) is 20.9 Å². The van der Waals surface area contributed by atoms with Crippen molar-refractivity contribution < 1.29 is 14.5 Å². The second-order valence-electron chi connectivity index (χ2n) is 5.82. The first kappa shape index (κ1) is 15.9. The minimum absolute atomic E-state index is 0.127. The SMILES string of the molecule is COC(=O)C1(c2c([N+](=O)[O-])cnc3cc(C)c(Br)cc23)CCC1. The number of rotatable bonds is 3. The molecule has 1 aliphatic rings. The van der Waals surface area contributed by atoms with Crippen LogP contribution >= 0.6 is 15.9 Å². The van der Waals surface area contributed by atoms with Gasteiger partial charge in [0.15, 0.2) is 0 Å². The van der Waals surface area contributed by atoms with Gasteiger partial charge in [-0.15, -0.1) is 0 Å². The van der Waals surface area contributed by atoms with Crippen molar-refractivity contribution in [3.05, 3.63) is 44.0 Å². The first-order chi connectivity index (χ1) is 10.9. The summed E-state index contributed by atoms with van der Waals surface area (Å²) in [4.78, 5) is 27.7. The Morgan fingerprint density at radius 3 is 2.65 bits per heavy atom. The van der Waals surface area contributed by atoms with Crippen LogP contribution in [0.2, 0.25) is 0 Å². The Kier molecular flexibility index (Phi) is 3.83. The van der Waals surface area contributed by atoms with Crippen LogP contribution in [0.1, 0.15) is 30.4 Å². The molecule has 1 aliphatic carbocycles. The quantitative estimate of drug-likeness (QED) is 0.460. The maximum atomic E-state index is 12.4. The van der Waals surface area contributed by atoms with E-state index in [0.29, 0.717) is 29.3 Å². The van der Waals surface area contributed by atoms with E-state index in [1.165, 1.54) is 13.3 Å². The van der Waals surface area contributed by atoms with Crippen molar-refractivity contribution in [3.8, 4) is 0 Å². The fraction of sp³-hybridized carbons (Fsp3) is 0.375. The molecule has 3 rings (SSSR count). The minimum atomic E-state index is -0.951. The van der Waals surface area contributed by atoms with Crippen LogP contribution in [0.15, 0.2) is 22.8 Å². The molecule has 0 saturated heterocycles. The minimum Gasteiger partial charge on any atom is -0.468 e. The third-order valence-corrected chi connectivity index (χ3v) is 5.44. The van der Waals surface area contributed by atoms with Crippen LogP contribution in [0.4, 0.5) is 5.69 Å². The molecule has 6 nitrogen and oxygen atoms in total. The molecule has 0 spiro atoms. The van der Waals surface area contributed by atoms with Crippen molar-refractivity contribution in [2.45, 2.75) is 31.6 Å². The van der Waals surface area contributed by atoms with Crippen molar-refractivity contribution in [1.82, 2.24) is 4.98 Å². The van der Waals surface area contributed by atoms with Gasteiger partial charge >= 0.3 is 5.97 Å². The average Bonchev–Trinajstić information content (AvgIpc) is 2.47. The normalized spacial score (nSPS) is 16.0. The Balaban J connectivity index is 2.40. The van der Waals surface area contributed by atoms with E-state index in [4.69, 9.17) is 4.74 Å². The topological polar surface area (TPSA) is 82.3 Å². The molecular weight excluding hydrogens is 364 g/mol. The van der Waals surface area contributed by atoms with Crippen LogP contribution in [0.25, 0.3) is 10.9 Å². The number of pyridine rings is 1. The number of nitrogens with zero attached hydrogens (tertiary/aromatic N) is 2. The molecule has 0 atom stereocenters. The van der Waals surface area contributed by atoms with Gasteiger partial charge in [0.2, 0.25) is 0 Å². The number of aromatic nitrogens is 1. The predicted molar refractivity (Wildman–Crippen MR) is 88.4 cm³/mol. The second kappa shape index (κ2) is 5.56. The average molecular weight is 379 g/mol. The first-order valence-corrected chi connectivity index (χ1v) is 8.02. The molecule has 1 heterocycles. The molecule has 0 unspecified atom stereocenters. The van der Waals surface area contributed by atoms with Crippen LogP contribution in [0.3, 0.4) is 0 Å². The Morgan fingerprint density at radius 2 is 2.13 bits per heavy atom. The van der Waals surface area contributed by atoms with Crippen molar-refractivity contribution in [1.29, 1.82) is 0 Å². The van der Waals surface area contributed by atoms with E-state index in [1.54, 1.807) is 0 Å². The molecule has 0 amide bonds. The number of nitro groups is 1. The van der Waals surface area contributed by atoms with Gasteiger partial charge < -0.3 is 4.74 Å². The van der Waals surface area contributed by atoms with Crippen LogP contribution in [-0.4, -0.2) is 23.0 Å². The van der Waals surface area contributed by atoms with Crippen molar-refractivity contribution in [2.75, 3.05) is 7.11 Å². The standard InChI is InChI=1S/C16H15BrN2O4/c1-9-6-12-10(7-11(9)17)14(13(8-18-12)19(21)22)16(4-3-5-16)15(20)23-2/h6-8H,3-5H2,1-2H3. The molecule has 1 aromatic carbocycles. The summed E-state index contributed by atoms with van der Waals surface area (Å²) in [6.45, 7) is 1.92. The third kappa shape index (κ3) is 2.30. The van der Waals surface area contributed by atoms with Crippen molar-refractivity contribution in [3.63, 3.8) is 0 Å². The number of benzene rings is 1. The van der Waals surface area contributed by atoms with Crippen LogP contribution in [0, 0.1) is 17.0 Å². The summed E-state index contributed by atoms with van der Waals surface area (Å²) < 4.78 is 5.78. The number of fused-ring (bicyclic) bond motifs is 1. The van der Waals surface area contributed by atoms with Crippen molar-refractivity contribution in [2.24, 2.45) is 0 Å². The zero-order valence-corrected chi connectivity index (χ0v) is 14.3. The van der Waals surface area contributed by atoms with E-state index in [9.17, 15) is 14.9 Å². The summed E-state index contributed by atoms with van der Waals surface area (Å²) in [5.74, 6) is -0.420. The molecule has 7 heteroatoms. The van der Waals surface area contributed by atoms with E-state index < -0.39 is 16.3 Å². The van der Waals surface area contributed by atoms with E-state index in [-0.39, 0.29) is 5.69 Å². The highest BCUT2D eigenvalue weighted by atomic mass is 79.9. The van der Waals surface area contributed by atoms with E-state index in [0.717, 1.165) is 16.5 Å². The summed E-state index contributed by atoms with van der Waals surface area (Å²) in [5.41, 5.74) is 0.962. The molecule has 2 aromatic rings. The Morgan fingerprint density at radius 1 is 1.43 bits per heavy atom. The molecule has 1 saturated carbocycles. The Bertz CT molecular complexity index is 830. The van der Waals surface area contributed by atoms with Gasteiger partial charge in [-0.25, -0.2) is 4.98 Å². The molecular formula is C16H15BrN2O4. The zero-order valence-electron chi connectivity index (χ0n) is 12.8. The lowest BCUT2D eigenvalue weighted by molar-refractivity contribution is -0.386. The Hall–Kier alpha value is -2.02. The Labute approximate surface area is 141 Å². The lowest BCUT2D eigenvalue weighted by Crippen LogP contribution is -2.44. The van der Waals surface area contributed by atoms with E-state index in [1.807, 2.05) is 19.1 Å². The molecule has 120 valence electrons. The molecule has 1 aromatic heterocycles. The first-order valence-electron chi connectivity index (χ1n) is 7.23. The number of hydrogen-bond donors (Lipinski definition) is 0. The summed E-state index contributed by atoms with van der Waals surface area (Å²) in [6.07, 6.45) is 3.17. The van der Waals surface area contributed by atoms with Crippen LogP contribution in [-0.2, 0) is 14.9 Å². The molecule has 1 fully saturated rings. The monoisotopic (exact) mass is 378 g/mol. The van der Waals surface area contributed by atoms with Gasteiger partial charge in [-0.1, -0.05) is 22.4 Å². The third-order valence-electron chi connectivity index (χ3n) is 4.59. The van der Waals surface area contributed by atoms with Gasteiger partial charge in [-0.3, -0.25) is 14.9 Å². The molecule has 0 aliphatic heterocycles. The molecule has 0 radical (unpaired) electrons. The number of hydrogen-bond acceptors (Lipinski definition) is 5. The van der Waals surface area contributed by atoms with Crippen molar-refractivity contribution >= 4 is 38.5 Å². The van der Waals surface area contributed by atoms with Gasteiger partial charge in [-0.05, 0) is 37.5 Å². The largest absolute Gasteiger partial charge is 0.468 e. The number of aryl methyl sites for hydroxylation is 1. The maximum Gasteiger partial charge on any atom is 0.316 e. The number of carbonyl (C=O) groups excluding carboxylic acids is 1. The number of esters is 1. The molecule has 23 heavy (non-hydrogen) atoms. The highest BCUT2D eigenvalue weighted by molar-refractivity contribution is 9.10. The lowest BCUT2D eigenvalue weighted by Gasteiger charge is -2.39. The summed E-state index contributed by atoms with van der Waals surface area (Å²) >= 11 is 3.46. The highest BCUT2D eigenvalue weighted by Crippen LogP contribution is 2.50. The second-order valence-corrected chi connectivity index (χ2v) is 6.68. The van der Waals surface area contributed by atoms with Gasteiger partial charge in [0, 0.05) is 9.86 Å². The van der Waals surface area contributed by atoms with Gasteiger partial charge in [0.05, 0.1) is 23.1 Å². The smallest absolute Gasteiger partial charge is 0.316 e. The molecule has 0 N–H and O–H groups in total. The zero-order chi connectivity index (χ0) is 16.8. The predicted octanol–water partition coefficient (Wildman–Crippen LogP) is 3.81. The fourth-order valence-electron chi connectivity index (χ4n) is 3.23. The number of halogens is 1.